The number of rotatable bonds is 4. The molecule has 1 aromatic carbocycles. The summed E-state index contributed by atoms with van der Waals surface area (Å²) in [4.78, 5) is 0. The molecule has 0 bridgehead atoms. The number of hydrogen-bond acceptors (Lipinski definition) is 3. The number of nitrogens with zero attached hydrogens (tertiary/aromatic N) is 3. The van der Waals surface area contributed by atoms with Gasteiger partial charge in [-0.2, -0.15) is 10.4 Å². The second kappa shape index (κ2) is 5.89. The fourth-order valence-electron chi connectivity index (χ4n) is 1.61. The van der Waals surface area contributed by atoms with Crippen LogP contribution in [0.4, 0.5) is 0 Å². The zero-order valence-corrected chi connectivity index (χ0v) is 12.4. The first-order chi connectivity index (χ1) is 9.10. The summed E-state index contributed by atoms with van der Waals surface area (Å²) in [6.45, 7) is 4.50. The van der Waals surface area contributed by atoms with Gasteiger partial charge in [-0.3, -0.25) is 4.68 Å². The van der Waals surface area contributed by atoms with Crippen molar-refractivity contribution < 1.29 is 4.74 Å². The molecule has 0 spiro atoms. The molecule has 0 saturated carbocycles. The first-order valence-electron chi connectivity index (χ1n) is 5.96. The van der Waals surface area contributed by atoms with E-state index in [0.29, 0.717) is 24.0 Å². The van der Waals surface area contributed by atoms with Crippen LogP contribution in [0.2, 0.25) is 0 Å². The molecule has 0 fully saturated rings. The van der Waals surface area contributed by atoms with Crippen molar-refractivity contribution in [2.24, 2.45) is 0 Å². The van der Waals surface area contributed by atoms with E-state index in [1.807, 2.05) is 23.0 Å². The molecule has 19 heavy (non-hydrogen) atoms. The Hall–Kier alpha value is -1.80. The molecule has 0 radical (unpaired) electrons. The van der Waals surface area contributed by atoms with Gasteiger partial charge in [-0.05, 0) is 38.1 Å². The van der Waals surface area contributed by atoms with E-state index in [4.69, 9.17) is 10.00 Å². The van der Waals surface area contributed by atoms with Gasteiger partial charge in [0.05, 0.1) is 11.3 Å². The first kappa shape index (κ1) is 13.6. The summed E-state index contributed by atoms with van der Waals surface area (Å²) in [5.74, 6) is 0.574. The quantitative estimate of drug-likeness (QED) is 0.863. The molecule has 0 atom stereocenters. The largest absolute Gasteiger partial charge is 0.486 e. The highest BCUT2D eigenvalue weighted by molar-refractivity contribution is 9.10. The van der Waals surface area contributed by atoms with Crippen molar-refractivity contribution in [1.82, 2.24) is 9.78 Å². The van der Waals surface area contributed by atoms with Crippen molar-refractivity contribution in [2.75, 3.05) is 0 Å². The fourth-order valence-corrected chi connectivity index (χ4v) is 1.97. The van der Waals surface area contributed by atoms with E-state index < -0.39 is 0 Å². The van der Waals surface area contributed by atoms with Crippen LogP contribution in [0.5, 0.6) is 5.75 Å². The average Bonchev–Trinajstić information content (AvgIpc) is 2.86. The van der Waals surface area contributed by atoms with Gasteiger partial charge in [0.2, 0.25) is 0 Å². The molecule has 0 saturated heterocycles. The molecule has 0 aliphatic rings. The molecule has 0 aliphatic carbocycles. The van der Waals surface area contributed by atoms with Crippen molar-refractivity contribution in [3.8, 4) is 11.8 Å². The third kappa shape index (κ3) is 3.36. The van der Waals surface area contributed by atoms with Crippen molar-refractivity contribution in [2.45, 2.75) is 26.5 Å². The average molecular weight is 320 g/mol. The van der Waals surface area contributed by atoms with Crippen LogP contribution in [0.3, 0.4) is 0 Å². The summed E-state index contributed by atoms with van der Waals surface area (Å²) < 4.78 is 8.38. The maximum absolute atomic E-state index is 9.05. The summed E-state index contributed by atoms with van der Waals surface area (Å²) in [7, 11) is 0. The minimum atomic E-state index is 0.330. The first-order valence-corrected chi connectivity index (χ1v) is 6.76. The van der Waals surface area contributed by atoms with Gasteiger partial charge in [-0.1, -0.05) is 15.9 Å². The van der Waals surface area contributed by atoms with Gasteiger partial charge in [0.25, 0.3) is 0 Å². The van der Waals surface area contributed by atoms with E-state index >= 15 is 0 Å². The van der Waals surface area contributed by atoms with Crippen LogP contribution in [-0.4, -0.2) is 9.78 Å². The number of nitriles is 1. The van der Waals surface area contributed by atoms with Crippen LogP contribution >= 0.6 is 15.9 Å². The Balaban J connectivity index is 2.08. The second-order valence-electron chi connectivity index (χ2n) is 4.42. The van der Waals surface area contributed by atoms with Crippen LogP contribution in [0, 0.1) is 11.3 Å². The summed E-state index contributed by atoms with van der Waals surface area (Å²) in [6, 6.07) is 9.73. The lowest BCUT2D eigenvalue weighted by Gasteiger charge is -2.07. The number of halogens is 1. The Bertz CT molecular complexity index is 613. The van der Waals surface area contributed by atoms with Crippen LogP contribution in [0.1, 0.15) is 31.1 Å². The minimum Gasteiger partial charge on any atom is -0.486 e. The predicted octanol–water partition coefficient (Wildman–Crippen LogP) is 3.68. The highest BCUT2D eigenvalue weighted by Crippen LogP contribution is 2.23. The Kier molecular flexibility index (Phi) is 4.23. The minimum absolute atomic E-state index is 0.330. The van der Waals surface area contributed by atoms with Crippen LogP contribution in [0.15, 0.2) is 34.9 Å². The lowest BCUT2D eigenvalue weighted by molar-refractivity contribution is 0.298. The predicted molar refractivity (Wildman–Crippen MR) is 75.8 cm³/mol. The molecule has 0 amide bonds. The Morgan fingerprint density at radius 2 is 2.21 bits per heavy atom. The third-order valence-electron chi connectivity index (χ3n) is 2.63. The molecular formula is C14H14BrN3O. The van der Waals surface area contributed by atoms with Gasteiger partial charge in [-0.15, -0.1) is 0 Å². The fraction of sp³-hybridized carbons (Fsp3) is 0.286. The molecule has 4 nitrogen and oxygen atoms in total. The summed E-state index contributed by atoms with van der Waals surface area (Å²) in [6.07, 6.45) is 1.93. The van der Waals surface area contributed by atoms with Gasteiger partial charge in [0.15, 0.2) is 0 Å². The molecule has 0 aliphatic heterocycles. The zero-order valence-electron chi connectivity index (χ0n) is 10.8. The van der Waals surface area contributed by atoms with E-state index in [-0.39, 0.29) is 0 Å². The molecule has 98 valence electrons. The maximum atomic E-state index is 9.05. The van der Waals surface area contributed by atoms with E-state index in [9.17, 15) is 0 Å². The smallest absolute Gasteiger partial charge is 0.137 e. The van der Waals surface area contributed by atoms with Gasteiger partial charge in [-0.25, -0.2) is 0 Å². The molecule has 0 N–H and O–H groups in total. The number of hydrogen-bond donors (Lipinski definition) is 0. The molecule has 1 heterocycles. The van der Waals surface area contributed by atoms with Gasteiger partial charge in [0, 0.05) is 16.7 Å². The zero-order chi connectivity index (χ0) is 13.8. The van der Waals surface area contributed by atoms with E-state index in [1.165, 1.54) is 0 Å². The number of aromatic nitrogens is 2. The van der Waals surface area contributed by atoms with E-state index in [2.05, 4.69) is 40.9 Å². The highest BCUT2D eigenvalue weighted by atomic mass is 79.9. The Labute approximate surface area is 120 Å². The van der Waals surface area contributed by atoms with Crippen LogP contribution < -0.4 is 4.74 Å². The monoisotopic (exact) mass is 319 g/mol. The Morgan fingerprint density at radius 3 is 2.84 bits per heavy atom. The van der Waals surface area contributed by atoms with Crippen LogP contribution in [0.25, 0.3) is 0 Å². The number of ether oxygens (including phenoxy) is 1. The maximum Gasteiger partial charge on any atom is 0.137 e. The van der Waals surface area contributed by atoms with Gasteiger partial charge < -0.3 is 4.74 Å². The molecular weight excluding hydrogens is 306 g/mol. The molecule has 2 aromatic rings. The van der Waals surface area contributed by atoms with Crippen molar-refractivity contribution in [3.63, 3.8) is 0 Å². The van der Waals surface area contributed by atoms with Crippen molar-refractivity contribution >= 4 is 15.9 Å². The topological polar surface area (TPSA) is 50.8 Å². The van der Waals surface area contributed by atoms with E-state index in [1.54, 1.807) is 12.1 Å². The van der Waals surface area contributed by atoms with Crippen LogP contribution in [-0.2, 0) is 6.61 Å². The normalized spacial score (nSPS) is 10.5. The second-order valence-corrected chi connectivity index (χ2v) is 5.34. The van der Waals surface area contributed by atoms with Crippen molar-refractivity contribution in [3.05, 3.63) is 46.2 Å². The lowest BCUT2D eigenvalue weighted by atomic mass is 10.2. The van der Waals surface area contributed by atoms with Crippen molar-refractivity contribution in [1.29, 1.82) is 5.26 Å². The van der Waals surface area contributed by atoms with E-state index in [0.717, 1.165) is 10.2 Å². The third-order valence-corrected chi connectivity index (χ3v) is 3.12. The lowest BCUT2D eigenvalue weighted by Crippen LogP contribution is -2.03. The highest BCUT2D eigenvalue weighted by Gasteiger charge is 2.06. The Morgan fingerprint density at radius 1 is 1.42 bits per heavy atom. The SMILES string of the molecule is CC(C)n1ccc(COc2ccc(Br)cc2C#N)n1. The van der Waals surface area contributed by atoms with Gasteiger partial charge >= 0.3 is 0 Å². The standard InChI is InChI=1S/C14H14BrN3O/c1-10(2)18-6-5-13(17-18)9-19-14-4-3-12(15)7-11(14)8-16/h3-7,10H,9H2,1-2H3. The molecule has 5 heteroatoms. The van der Waals surface area contributed by atoms with Gasteiger partial charge in [0.1, 0.15) is 18.4 Å². The molecule has 2 rings (SSSR count). The summed E-state index contributed by atoms with van der Waals surface area (Å²) in [5.41, 5.74) is 1.36. The summed E-state index contributed by atoms with van der Waals surface area (Å²) in [5, 5.41) is 13.4. The molecule has 1 aromatic heterocycles. The molecule has 0 unspecified atom stereocenters. The number of benzene rings is 1. The summed E-state index contributed by atoms with van der Waals surface area (Å²) >= 11 is 3.33.